The summed E-state index contributed by atoms with van der Waals surface area (Å²) in [6, 6.07) is 6.10. The van der Waals surface area contributed by atoms with Crippen LogP contribution in [0.1, 0.15) is 15.9 Å². The Morgan fingerprint density at radius 2 is 2.14 bits per heavy atom. The summed E-state index contributed by atoms with van der Waals surface area (Å²) in [6.45, 7) is 0. The van der Waals surface area contributed by atoms with Crippen LogP contribution in [0.15, 0.2) is 28.1 Å². The standard InChI is InChI=1S/C11H5BrOS/c12-8-4-6-2-1-3-9-10(6)7(5-14-9)11(8)13/h1-5H. The number of Topliss-reactive ketones (excluding diaryl/α,β-unsaturated/α-hetero) is 1. The third-order valence-electron chi connectivity index (χ3n) is 2.38. The highest BCUT2D eigenvalue weighted by molar-refractivity contribution is 9.12. The molecule has 3 rings (SSSR count). The van der Waals surface area contributed by atoms with Crippen molar-refractivity contribution in [1.29, 1.82) is 0 Å². The van der Waals surface area contributed by atoms with E-state index in [0.717, 1.165) is 16.5 Å². The van der Waals surface area contributed by atoms with Gasteiger partial charge in [0, 0.05) is 21.0 Å². The maximum atomic E-state index is 11.8. The van der Waals surface area contributed by atoms with Crippen LogP contribution in [0.2, 0.25) is 0 Å². The molecule has 0 radical (unpaired) electrons. The Labute approximate surface area is 93.2 Å². The SMILES string of the molecule is O=C1C(Br)=Cc2cccc3scc1c23. The van der Waals surface area contributed by atoms with Gasteiger partial charge in [0.1, 0.15) is 0 Å². The van der Waals surface area contributed by atoms with Gasteiger partial charge in [0.15, 0.2) is 0 Å². The molecule has 1 aliphatic rings. The minimum atomic E-state index is 0.0925. The van der Waals surface area contributed by atoms with E-state index in [1.54, 1.807) is 11.3 Å². The summed E-state index contributed by atoms with van der Waals surface area (Å²) in [5.41, 5.74) is 1.96. The minimum Gasteiger partial charge on any atom is -0.288 e. The van der Waals surface area contributed by atoms with E-state index in [1.165, 1.54) is 4.70 Å². The number of hydrogen-bond donors (Lipinski definition) is 0. The lowest BCUT2D eigenvalue weighted by molar-refractivity contribution is 0.104. The van der Waals surface area contributed by atoms with E-state index < -0.39 is 0 Å². The molecule has 1 nitrogen and oxygen atoms in total. The summed E-state index contributed by atoms with van der Waals surface area (Å²) in [6.07, 6.45) is 1.89. The molecule has 1 aromatic carbocycles. The Morgan fingerprint density at radius 1 is 1.29 bits per heavy atom. The Morgan fingerprint density at radius 3 is 3.00 bits per heavy atom. The van der Waals surface area contributed by atoms with Gasteiger partial charge in [-0.1, -0.05) is 12.1 Å². The number of halogens is 1. The van der Waals surface area contributed by atoms with Crippen LogP contribution in [0.5, 0.6) is 0 Å². The third-order valence-corrected chi connectivity index (χ3v) is 3.91. The number of rotatable bonds is 0. The maximum Gasteiger partial charge on any atom is 0.201 e. The molecule has 1 aliphatic carbocycles. The fourth-order valence-electron chi connectivity index (χ4n) is 1.73. The minimum absolute atomic E-state index is 0.0925. The molecule has 0 atom stereocenters. The highest BCUT2D eigenvalue weighted by Gasteiger charge is 2.21. The quantitative estimate of drug-likeness (QED) is 0.707. The first-order valence-electron chi connectivity index (χ1n) is 4.19. The number of ketones is 1. The van der Waals surface area contributed by atoms with Crippen molar-refractivity contribution < 1.29 is 4.79 Å². The van der Waals surface area contributed by atoms with Gasteiger partial charge in [-0.05, 0) is 33.6 Å². The van der Waals surface area contributed by atoms with Gasteiger partial charge in [-0.25, -0.2) is 0 Å². The van der Waals surface area contributed by atoms with E-state index in [-0.39, 0.29) is 5.78 Å². The molecule has 3 heteroatoms. The summed E-state index contributed by atoms with van der Waals surface area (Å²) in [5, 5.41) is 3.04. The molecule has 2 aromatic rings. The first-order chi connectivity index (χ1) is 6.77. The lowest BCUT2D eigenvalue weighted by atomic mass is 9.98. The molecular weight excluding hydrogens is 260 g/mol. The van der Waals surface area contributed by atoms with Gasteiger partial charge in [-0.3, -0.25) is 4.79 Å². The van der Waals surface area contributed by atoms with Crippen LogP contribution < -0.4 is 0 Å². The first kappa shape index (κ1) is 8.38. The Bertz CT molecular complexity index is 580. The summed E-state index contributed by atoms with van der Waals surface area (Å²) in [7, 11) is 0. The topological polar surface area (TPSA) is 17.1 Å². The highest BCUT2D eigenvalue weighted by atomic mass is 79.9. The van der Waals surface area contributed by atoms with Gasteiger partial charge in [0.25, 0.3) is 0 Å². The van der Waals surface area contributed by atoms with Crippen molar-refractivity contribution in [3.63, 3.8) is 0 Å². The van der Waals surface area contributed by atoms with Crippen LogP contribution in [-0.2, 0) is 0 Å². The van der Waals surface area contributed by atoms with Crippen LogP contribution in [0.4, 0.5) is 0 Å². The number of carbonyl (C=O) groups is 1. The number of thiophene rings is 1. The Balaban J connectivity index is 2.53. The summed E-state index contributed by atoms with van der Waals surface area (Å²) in [5.74, 6) is 0.0925. The van der Waals surface area contributed by atoms with Gasteiger partial charge < -0.3 is 0 Å². The fourth-order valence-corrected chi connectivity index (χ4v) is 3.17. The first-order valence-corrected chi connectivity index (χ1v) is 5.87. The van der Waals surface area contributed by atoms with Crippen LogP contribution in [0, 0.1) is 0 Å². The van der Waals surface area contributed by atoms with Gasteiger partial charge in [-0.15, -0.1) is 11.3 Å². The van der Waals surface area contributed by atoms with Gasteiger partial charge >= 0.3 is 0 Å². The van der Waals surface area contributed by atoms with Gasteiger partial charge in [0.2, 0.25) is 5.78 Å². The molecule has 0 fully saturated rings. The van der Waals surface area contributed by atoms with E-state index >= 15 is 0 Å². The maximum absolute atomic E-state index is 11.8. The molecule has 0 saturated heterocycles. The highest BCUT2D eigenvalue weighted by Crippen LogP contribution is 2.36. The predicted octanol–water partition coefficient (Wildman–Crippen LogP) is 3.83. The molecule has 0 amide bonds. The molecule has 1 aromatic heterocycles. The average Bonchev–Trinajstić information content (AvgIpc) is 2.60. The average molecular weight is 265 g/mol. The lowest BCUT2D eigenvalue weighted by Crippen LogP contribution is -2.01. The molecule has 0 spiro atoms. The number of benzene rings is 1. The van der Waals surface area contributed by atoms with Crippen LogP contribution >= 0.6 is 27.3 Å². The van der Waals surface area contributed by atoms with Crippen molar-refractivity contribution in [1.82, 2.24) is 0 Å². The molecule has 0 unspecified atom stereocenters. The summed E-state index contributed by atoms with van der Waals surface area (Å²) in [4.78, 5) is 11.8. The van der Waals surface area contributed by atoms with E-state index in [9.17, 15) is 4.79 Å². The summed E-state index contributed by atoms with van der Waals surface area (Å²) < 4.78 is 1.83. The monoisotopic (exact) mass is 264 g/mol. The molecular formula is C11H5BrOS. The molecule has 1 heterocycles. The zero-order valence-electron chi connectivity index (χ0n) is 7.08. The molecule has 0 bridgehead atoms. The molecule has 0 saturated carbocycles. The number of hydrogen-bond acceptors (Lipinski definition) is 2. The molecule has 14 heavy (non-hydrogen) atoms. The predicted molar refractivity (Wildman–Crippen MR) is 63.1 cm³/mol. The third kappa shape index (κ3) is 0.967. The number of carbonyl (C=O) groups excluding carboxylic acids is 1. The molecule has 0 aliphatic heterocycles. The van der Waals surface area contributed by atoms with Crippen molar-refractivity contribution in [2.75, 3.05) is 0 Å². The van der Waals surface area contributed by atoms with Crippen molar-refractivity contribution >= 4 is 49.2 Å². The van der Waals surface area contributed by atoms with Gasteiger partial charge in [-0.2, -0.15) is 0 Å². The van der Waals surface area contributed by atoms with Crippen LogP contribution in [0.25, 0.3) is 16.2 Å². The zero-order valence-corrected chi connectivity index (χ0v) is 9.48. The number of allylic oxidation sites excluding steroid dienone is 1. The van der Waals surface area contributed by atoms with Crippen molar-refractivity contribution in [2.45, 2.75) is 0 Å². The van der Waals surface area contributed by atoms with Crippen molar-refractivity contribution in [3.8, 4) is 0 Å². The lowest BCUT2D eigenvalue weighted by Gasteiger charge is -2.07. The second kappa shape index (κ2) is 2.78. The zero-order chi connectivity index (χ0) is 9.71. The fraction of sp³-hybridized carbons (Fsp3) is 0. The van der Waals surface area contributed by atoms with E-state index in [1.807, 2.05) is 29.7 Å². The molecule has 0 N–H and O–H groups in total. The molecule has 68 valence electrons. The smallest absolute Gasteiger partial charge is 0.201 e. The van der Waals surface area contributed by atoms with Crippen molar-refractivity contribution in [3.05, 3.63) is 39.2 Å². The van der Waals surface area contributed by atoms with Crippen LogP contribution in [-0.4, -0.2) is 5.78 Å². The van der Waals surface area contributed by atoms with E-state index in [4.69, 9.17) is 0 Å². The Hall–Kier alpha value is -0.930. The van der Waals surface area contributed by atoms with E-state index in [0.29, 0.717) is 4.48 Å². The second-order valence-corrected chi connectivity index (χ2v) is 4.96. The summed E-state index contributed by atoms with van der Waals surface area (Å²) >= 11 is 4.91. The van der Waals surface area contributed by atoms with Gasteiger partial charge in [0.05, 0.1) is 4.48 Å². The Kier molecular flexibility index (Phi) is 1.66. The largest absolute Gasteiger partial charge is 0.288 e. The van der Waals surface area contributed by atoms with Crippen LogP contribution in [0.3, 0.4) is 0 Å². The van der Waals surface area contributed by atoms with E-state index in [2.05, 4.69) is 15.9 Å². The second-order valence-electron chi connectivity index (χ2n) is 3.19. The normalized spacial score (nSPS) is 14.6. The van der Waals surface area contributed by atoms with Crippen molar-refractivity contribution in [2.24, 2.45) is 0 Å².